The molecule has 0 aliphatic rings. The van der Waals surface area contributed by atoms with Crippen molar-refractivity contribution in [2.75, 3.05) is 0 Å². The SMILES string of the molecule is O=C(Cc1ccn(-c2ccccc2)n1)NCc1cccc(Cn2cnc3ccccc32)c1. The maximum Gasteiger partial charge on any atom is 0.226 e. The molecule has 0 saturated carbocycles. The highest BCUT2D eigenvalue weighted by molar-refractivity contribution is 5.78. The molecule has 2 heterocycles. The van der Waals surface area contributed by atoms with Crippen molar-refractivity contribution in [1.29, 1.82) is 0 Å². The van der Waals surface area contributed by atoms with Gasteiger partial charge in [-0.05, 0) is 41.5 Å². The summed E-state index contributed by atoms with van der Waals surface area (Å²) in [5.74, 6) is -0.0469. The normalized spacial score (nSPS) is 11.0. The van der Waals surface area contributed by atoms with Crippen LogP contribution in [-0.2, 0) is 24.3 Å². The quantitative estimate of drug-likeness (QED) is 0.430. The number of imidazole rings is 1. The summed E-state index contributed by atoms with van der Waals surface area (Å²) in [4.78, 5) is 16.9. The molecule has 3 aromatic carbocycles. The monoisotopic (exact) mass is 421 g/mol. The van der Waals surface area contributed by atoms with Crippen LogP contribution in [0.25, 0.3) is 16.7 Å². The average Bonchev–Trinajstić information content (AvgIpc) is 3.46. The highest BCUT2D eigenvalue weighted by Gasteiger charge is 2.08. The number of carbonyl (C=O) groups is 1. The van der Waals surface area contributed by atoms with Gasteiger partial charge >= 0.3 is 0 Å². The number of hydrogen-bond acceptors (Lipinski definition) is 3. The lowest BCUT2D eigenvalue weighted by Gasteiger charge is -2.08. The molecule has 2 aromatic heterocycles. The van der Waals surface area contributed by atoms with E-state index >= 15 is 0 Å². The number of fused-ring (bicyclic) bond motifs is 1. The maximum atomic E-state index is 12.4. The second-order valence-electron chi connectivity index (χ2n) is 7.72. The molecular formula is C26H23N5O. The van der Waals surface area contributed by atoms with Crippen LogP contribution in [0.4, 0.5) is 0 Å². The van der Waals surface area contributed by atoms with Crippen molar-refractivity contribution in [1.82, 2.24) is 24.6 Å². The number of aromatic nitrogens is 4. The highest BCUT2D eigenvalue weighted by Crippen LogP contribution is 2.15. The molecule has 0 aliphatic carbocycles. The molecule has 5 aromatic rings. The topological polar surface area (TPSA) is 64.7 Å². The molecule has 6 heteroatoms. The Labute approximate surface area is 186 Å². The predicted molar refractivity (Wildman–Crippen MR) is 124 cm³/mol. The van der Waals surface area contributed by atoms with Gasteiger partial charge in [-0.1, -0.05) is 54.6 Å². The summed E-state index contributed by atoms with van der Waals surface area (Å²) < 4.78 is 3.92. The lowest BCUT2D eigenvalue weighted by molar-refractivity contribution is -0.120. The summed E-state index contributed by atoms with van der Waals surface area (Å²) in [7, 11) is 0. The average molecular weight is 422 g/mol. The van der Waals surface area contributed by atoms with Crippen LogP contribution in [-0.4, -0.2) is 25.2 Å². The zero-order valence-electron chi connectivity index (χ0n) is 17.6. The molecular weight excluding hydrogens is 398 g/mol. The molecule has 1 N–H and O–H groups in total. The molecule has 0 spiro atoms. The Balaban J connectivity index is 1.19. The van der Waals surface area contributed by atoms with Crippen LogP contribution in [0.1, 0.15) is 16.8 Å². The van der Waals surface area contributed by atoms with Crippen LogP contribution in [0, 0.1) is 0 Å². The molecule has 5 rings (SSSR count). The number of rotatable bonds is 7. The fraction of sp³-hybridized carbons (Fsp3) is 0.115. The first-order chi connectivity index (χ1) is 15.7. The Morgan fingerprint density at radius 1 is 0.875 bits per heavy atom. The minimum atomic E-state index is -0.0469. The second-order valence-corrected chi connectivity index (χ2v) is 7.72. The van der Waals surface area contributed by atoms with E-state index in [-0.39, 0.29) is 12.3 Å². The van der Waals surface area contributed by atoms with Crippen molar-refractivity contribution in [3.8, 4) is 5.69 Å². The van der Waals surface area contributed by atoms with Crippen molar-refractivity contribution < 1.29 is 4.79 Å². The first-order valence-corrected chi connectivity index (χ1v) is 10.6. The van der Waals surface area contributed by atoms with Crippen molar-refractivity contribution in [3.05, 3.63) is 114 Å². The van der Waals surface area contributed by atoms with Gasteiger partial charge in [-0.3, -0.25) is 4.79 Å². The van der Waals surface area contributed by atoms with Gasteiger partial charge in [-0.25, -0.2) is 9.67 Å². The molecule has 0 atom stereocenters. The van der Waals surface area contributed by atoms with Gasteiger partial charge in [0, 0.05) is 19.3 Å². The van der Waals surface area contributed by atoms with E-state index in [2.05, 4.69) is 38.2 Å². The largest absolute Gasteiger partial charge is 0.352 e. The van der Waals surface area contributed by atoms with Crippen LogP contribution >= 0.6 is 0 Å². The summed E-state index contributed by atoms with van der Waals surface area (Å²) in [6.07, 6.45) is 4.00. The lowest BCUT2D eigenvalue weighted by Crippen LogP contribution is -2.24. The van der Waals surface area contributed by atoms with Gasteiger partial charge in [0.15, 0.2) is 0 Å². The smallest absolute Gasteiger partial charge is 0.226 e. The third-order valence-electron chi connectivity index (χ3n) is 5.37. The van der Waals surface area contributed by atoms with Crippen LogP contribution in [0.15, 0.2) is 97.5 Å². The third kappa shape index (κ3) is 4.44. The van der Waals surface area contributed by atoms with E-state index in [9.17, 15) is 4.79 Å². The van der Waals surface area contributed by atoms with Crippen LogP contribution in [0.5, 0.6) is 0 Å². The van der Waals surface area contributed by atoms with Crippen molar-refractivity contribution in [3.63, 3.8) is 0 Å². The standard InChI is InChI=1S/C26H23N5O/c32-26(16-22-13-14-31(29-22)23-9-2-1-3-10-23)27-17-20-7-6-8-21(15-20)18-30-19-28-24-11-4-5-12-25(24)30/h1-15,19H,16-18H2,(H,27,32). The van der Waals surface area contributed by atoms with Gasteiger partial charge in [0.1, 0.15) is 0 Å². The Morgan fingerprint density at radius 2 is 1.69 bits per heavy atom. The highest BCUT2D eigenvalue weighted by atomic mass is 16.1. The molecule has 0 unspecified atom stereocenters. The zero-order valence-corrected chi connectivity index (χ0v) is 17.6. The van der Waals surface area contributed by atoms with Gasteiger partial charge < -0.3 is 9.88 Å². The molecule has 0 saturated heterocycles. The fourth-order valence-corrected chi connectivity index (χ4v) is 3.78. The Hall–Kier alpha value is -4.19. The van der Waals surface area contributed by atoms with E-state index in [1.807, 2.05) is 79.3 Å². The van der Waals surface area contributed by atoms with Gasteiger partial charge in [0.2, 0.25) is 5.91 Å². The Morgan fingerprint density at radius 3 is 2.59 bits per heavy atom. The van der Waals surface area contributed by atoms with Crippen LogP contribution in [0.3, 0.4) is 0 Å². The van der Waals surface area contributed by atoms with Crippen molar-refractivity contribution in [2.45, 2.75) is 19.5 Å². The molecule has 0 fully saturated rings. The van der Waals surface area contributed by atoms with Gasteiger partial charge in [-0.15, -0.1) is 0 Å². The molecule has 158 valence electrons. The minimum absolute atomic E-state index is 0.0469. The van der Waals surface area contributed by atoms with Crippen molar-refractivity contribution >= 4 is 16.9 Å². The zero-order chi connectivity index (χ0) is 21.8. The van der Waals surface area contributed by atoms with Gasteiger partial charge in [-0.2, -0.15) is 5.10 Å². The third-order valence-corrected chi connectivity index (χ3v) is 5.37. The number of benzene rings is 3. The first-order valence-electron chi connectivity index (χ1n) is 10.6. The van der Waals surface area contributed by atoms with E-state index in [4.69, 9.17) is 0 Å². The summed E-state index contributed by atoms with van der Waals surface area (Å²) in [6.45, 7) is 1.22. The van der Waals surface area contributed by atoms with E-state index in [0.717, 1.165) is 34.5 Å². The predicted octanol–water partition coefficient (Wildman–Crippen LogP) is 4.13. The van der Waals surface area contributed by atoms with Gasteiger partial charge in [0.25, 0.3) is 0 Å². The van der Waals surface area contributed by atoms with Crippen LogP contribution in [0.2, 0.25) is 0 Å². The number of amides is 1. The van der Waals surface area contributed by atoms with E-state index < -0.39 is 0 Å². The summed E-state index contributed by atoms with van der Waals surface area (Å²) in [5, 5.41) is 7.51. The summed E-state index contributed by atoms with van der Waals surface area (Å²) >= 11 is 0. The number of nitrogens with one attached hydrogen (secondary N) is 1. The van der Waals surface area contributed by atoms with Crippen molar-refractivity contribution in [2.24, 2.45) is 0 Å². The summed E-state index contributed by atoms with van der Waals surface area (Å²) in [5.41, 5.74) is 6.05. The van der Waals surface area contributed by atoms with Crippen LogP contribution < -0.4 is 5.32 Å². The van der Waals surface area contributed by atoms with E-state index in [1.165, 1.54) is 5.56 Å². The molecule has 1 amide bonds. The molecule has 0 radical (unpaired) electrons. The number of para-hydroxylation sites is 3. The molecule has 32 heavy (non-hydrogen) atoms. The van der Waals surface area contributed by atoms with Gasteiger partial charge in [0.05, 0.1) is 35.2 Å². The molecule has 6 nitrogen and oxygen atoms in total. The fourth-order valence-electron chi connectivity index (χ4n) is 3.78. The number of carbonyl (C=O) groups excluding carboxylic acids is 1. The molecule has 0 aliphatic heterocycles. The molecule has 0 bridgehead atoms. The van der Waals surface area contributed by atoms with E-state index in [0.29, 0.717) is 6.54 Å². The first kappa shape index (κ1) is 19.8. The number of nitrogens with zero attached hydrogens (tertiary/aromatic N) is 4. The maximum absolute atomic E-state index is 12.4. The number of hydrogen-bond donors (Lipinski definition) is 1. The lowest BCUT2D eigenvalue weighted by atomic mass is 10.1. The summed E-state index contributed by atoms with van der Waals surface area (Å²) in [6, 6.07) is 28.1. The Bertz CT molecular complexity index is 1350. The second kappa shape index (κ2) is 8.89. The van der Waals surface area contributed by atoms with E-state index in [1.54, 1.807) is 4.68 Å². The Kier molecular flexibility index (Phi) is 5.49. The minimum Gasteiger partial charge on any atom is -0.352 e.